The van der Waals surface area contributed by atoms with Crippen LogP contribution < -0.4 is 14.2 Å². The van der Waals surface area contributed by atoms with Gasteiger partial charge in [-0.25, -0.2) is 0 Å². The average molecular weight is 296 g/mol. The molecule has 0 saturated heterocycles. The van der Waals surface area contributed by atoms with Gasteiger partial charge in [-0.1, -0.05) is 18.2 Å². The normalized spacial score (nSPS) is 15.2. The Balaban J connectivity index is 1.97. The van der Waals surface area contributed by atoms with Gasteiger partial charge in [-0.3, -0.25) is 4.79 Å². The van der Waals surface area contributed by atoms with E-state index in [9.17, 15) is 4.79 Å². The minimum atomic E-state index is -0.0326. The number of carbonyl (C=O) groups excluding carboxylic acids is 1. The number of ether oxygens (including phenoxy) is 3. The standard InChI is InChI=1S/C18H16O4/c1-20-14-7-8-15-17(10-14)22-11-13(18(15)19)9-12-5-3-4-6-16(12)21-2/h3-10H,11H2,1-2H3/b13-9+. The van der Waals surface area contributed by atoms with Gasteiger partial charge >= 0.3 is 0 Å². The van der Waals surface area contributed by atoms with Crippen molar-refractivity contribution in [1.29, 1.82) is 0 Å². The summed E-state index contributed by atoms with van der Waals surface area (Å²) in [7, 11) is 3.19. The summed E-state index contributed by atoms with van der Waals surface area (Å²) >= 11 is 0. The largest absolute Gasteiger partial charge is 0.497 e. The van der Waals surface area contributed by atoms with E-state index in [4.69, 9.17) is 14.2 Å². The third-order valence-electron chi connectivity index (χ3n) is 3.58. The second-order valence-electron chi connectivity index (χ2n) is 4.89. The van der Waals surface area contributed by atoms with Crippen LogP contribution in [0.3, 0.4) is 0 Å². The minimum absolute atomic E-state index is 0.0326. The molecule has 3 rings (SSSR count). The van der Waals surface area contributed by atoms with Crippen LogP contribution in [0.4, 0.5) is 0 Å². The fraction of sp³-hybridized carbons (Fsp3) is 0.167. The first-order valence-electron chi connectivity index (χ1n) is 6.92. The Morgan fingerprint density at radius 3 is 2.68 bits per heavy atom. The molecule has 0 amide bonds. The van der Waals surface area contributed by atoms with Gasteiger partial charge < -0.3 is 14.2 Å². The number of hydrogen-bond donors (Lipinski definition) is 0. The lowest BCUT2D eigenvalue weighted by Crippen LogP contribution is -2.19. The van der Waals surface area contributed by atoms with E-state index in [1.807, 2.05) is 30.3 Å². The number of carbonyl (C=O) groups is 1. The average Bonchev–Trinajstić information content (AvgIpc) is 2.57. The lowest BCUT2D eigenvalue weighted by atomic mass is 9.98. The Hall–Kier alpha value is -2.75. The van der Waals surface area contributed by atoms with Gasteiger partial charge in [0.05, 0.1) is 19.8 Å². The van der Waals surface area contributed by atoms with Crippen LogP contribution in [0.15, 0.2) is 48.0 Å². The van der Waals surface area contributed by atoms with E-state index < -0.39 is 0 Å². The van der Waals surface area contributed by atoms with E-state index in [1.165, 1.54) is 0 Å². The van der Waals surface area contributed by atoms with Crippen molar-refractivity contribution in [1.82, 2.24) is 0 Å². The van der Waals surface area contributed by atoms with Gasteiger partial charge in [0.15, 0.2) is 5.78 Å². The van der Waals surface area contributed by atoms with Gasteiger partial charge in [-0.05, 0) is 24.3 Å². The highest BCUT2D eigenvalue weighted by molar-refractivity contribution is 6.14. The SMILES string of the molecule is COc1ccc2c(c1)OC/C(=C\c1ccccc1OC)C2=O. The predicted molar refractivity (Wildman–Crippen MR) is 83.8 cm³/mol. The quantitative estimate of drug-likeness (QED) is 0.815. The first-order valence-corrected chi connectivity index (χ1v) is 6.92. The molecule has 2 aromatic carbocycles. The fourth-order valence-corrected chi connectivity index (χ4v) is 2.41. The third-order valence-corrected chi connectivity index (χ3v) is 3.58. The summed E-state index contributed by atoms with van der Waals surface area (Å²) in [6.45, 7) is 0.233. The molecule has 0 aliphatic carbocycles. The zero-order chi connectivity index (χ0) is 15.5. The van der Waals surface area contributed by atoms with Crippen molar-refractivity contribution in [3.05, 3.63) is 59.2 Å². The van der Waals surface area contributed by atoms with Crippen molar-refractivity contribution in [3.8, 4) is 17.2 Å². The first kappa shape index (κ1) is 14.2. The minimum Gasteiger partial charge on any atom is -0.497 e. The van der Waals surface area contributed by atoms with Crippen molar-refractivity contribution in [3.63, 3.8) is 0 Å². The zero-order valence-electron chi connectivity index (χ0n) is 12.5. The van der Waals surface area contributed by atoms with Crippen molar-refractivity contribution >= 4 is 11.9 Å². The van der Waals surface area contributed by atoms with Crippen LogP contribution in [-0.2, 0) is 0 Å². The van der Waals surface area contributed by atoms with E-state index in [0.717, 1.165) is 11.3 Å². The summed E-state index contributed by atoms with van der Waals surface area (Å²) in [6.07, 6.45) is 1.81. The maximum Gasteiger partial charge on any atom is 0.196 e. The number of methoxy groups -OCH3 is 2. The topological polar surface area (TPSA) is 44.8 Å². The Kier molecular flexibility index (Phi) is 3.83. The molecule has 0 unspecified atom stereocenters. The van der Waals surface area contributed by atoms with E-state index in [-0.39, 0.29) is 12.4 Å². The van der Waals surface area contributed by atoms with E-state index in [2.05, 4.69) is 0 Å². The van der Waals surface area contributed by atoms with Gasteiger partial charge in [0.25, 0.3) is 0 Å². The van der Waals surface area contributed by atoms with Crippen LogP contribution >= 0.6 is 0 Å². The van der Waals surface area contributed by atoms with Gasteiger partial charge in [0.2, 0.25) is 0 Å². The van der Waals surface area contributed by atoms with Crippen LogP contribution in [0, 0.1) is 0 Å². The summed E-state index contributed by atoms with van der Waals surface area (Å²) in [5, 5.41) is 0. The highest BCUT2D eigenvalue weighted by Crippen LogP contribution is 2.32. The van der Waals surface area contributed by atoms with Crippen molar-refractivity contribution in [2.75, 3.05) is 20.8 Å². The summed E-state index contributed by atoms with van der Waals surface area (Å²) < 4.78 is 16.1. The number of benzene rings is 2. The van der Waals surface area contributed by atoms with Gasteiger partial charge in [-0.15, -0.1) is 0 Å². The molecule has 1 heterocycles. The van der Waals surface area contributed by atoms with Gasteiger partial charge in [-0.2, -0.15) is 0 Å². The molecule has 22 heavy (non-hydrogen) atoms. The predicted octanol–water partition coefficient (Wildman–Crippen LogP) is 3.36. The highest BCUT2D eigenvalue weighted by Gasteiger charge is 2.24. The van der Waals surface area contributed by atoms with Crippen molar-refractivity contribution in [2.45, 2.75) is 0 Å². The molecule has 0 N–H and O–H groups in total. The molecule has 4 heteroatoms. The molecular formula is C18H16O4. The number of Topliss-reactive ketones (excluding diaryl/α,β-unsaturated/α-hetero) is 1. The Morgan fingerprint density at radius 2 is 1.91 bits per heavy atom. The van der Waals surface area contributed by atoms with Crippen LogP contribution in [0.2, 0.25) is 0 Å². The third kappa shape index (κ3) is 2.55. The molecule has 0 spiro atoms. The second-order valence-corrected chi connectivity index (χ2v) is 4.89. The number of hydrogen-bond acceptors (Lipinski definition) is 4. The monoisotopic (exact) mass is 296 g/mol. The Labute approximate surface area is 128 Å². The van der Waals surface area contributed by atoms with E-state index in [1.54, 1.807) is 32.4 Å². The van der Waals surface area contributed by atoms with Crippen LogP contribution in [0.25, 0.3) is 6.08 Å². The van der Waals surface area contributed by atoms with Crippen molar-refractivity contribution < 1.29 is 19.0 Å². The van der Waals surface area contributed by atoms with Gasteiger partial charge in [0, 0.05) is 17.2 Å². The van der Waals surface area contributed by atoms with Crippen LogP contribution in [-0.4, -0.2) is 26.6 Å². The maximum atomic E-state index is 12.6. The van der Waals surface area contributed by atoms with E-state index >= 15 is 0 Å². The molecule has 0 fully saturated rings. The molecule has 0 saturated carbocycles. The summed E-state index contributed by atoms with van der Waals surface area (Å²) in [5.74, 6) is 1.92. The number of para-hydroxylation sites is 1. The molecule has 0 aromatic heterocycles. The van der Waals surface area contributed by atoms with Crippen molar-refractivity contribution in [2.24, 2.45) is 0 Å². The summed E-state index contributed by atoms with van der Waals surface area (Å²) in [6, 6.07) is 12.8. The fourth-order valence-electron chi connectivity index (χ4n) is 2.41. The lowest BCUT2D eigenvalue weighted by Gasteiger charge is -2.19. The Bertz CT molecular complexity index is 747. The molecule has 0 atom stereocenters. The lowest BCUT2D eigenvalue weighted by molar-refractivity contribution is 0.100. The molecule has 112 valence electrons. The highest BCUT2D eigenvalue weighted by atomic mass is 16.5. The first-order chi connectivity index (χ1) is 10.7. The molecular weight excluding hydrogens is 280 g/mol. The number of fused-ring (bicyclic) bond motifs is 1. The Morgan fingerprint density at radius 1 is 1.09 bits per heavy atom. The van der Waals surface area contributed by atoms with Crippen LogP contribution in [0.1, 0.15) is 15.9 Å². The second kappa shape index (κ2) is 5.93. The smallest absolute Gasteiger partial charge is 0.196 e. The van der Waals surface area contributed by atoms with Gasteiger partial charge in [0.1, 0.15) is 23.9 Å². The molecule has 0 radical (unpaired) electrons. The molecule has 2 aromatic rings. The molecule has 4 nitrogen and oxygen atoms in total. The number of ketones is 1. The number of rotatable bonds is 3. The van der Waals surface area contributed by atoms with E-state index in [0.29, 0.717) is 22.6 Å². The molecule has 1 aliphatic heterocycles. The summed E-state index contributed by atoms with van der Waals surface area (Å²) in [4.78, 5) is 12.6. The molecule has 0 bridgehead atoms. The zero-order valence-corrected chi connectivity index (χ0v) is 12.5. The maximum absolute atomic E-state index is 12.6. The van der Waals surface area contributed by atoms with Crippen LogP contribution in [0.5, 0.6) is 17.2 Å². The summed E-state index contributed by atoms with van der Waals surface area (Å²) in [5.41, 5.74) is 2.00. The molecule has 1 aliphatic rings.